The molecule has 1 heterocycles. The summed E-state index contributed by atoms with van der Waals surface area (Å²) in [6, 6.07) is 13.1. The fourth-order valence-electron chi connectivity index (χ4n) is 2.83. The van der Waals surface area contributed by atoms with Crippen LogP contribution in [0.1, 0.15) is 24.0 Å². The minimum Gasteiger partial charge on any atom is -0.368 e. The number of carbonyl (C=O) groups excluding carboxylic acids is 2. The van der Waals surface area contributed by atoms with Gasteiger partial charge in [0, 0.05) is 30.9 Å². The lowest BCUT2D eigenvalue weighted by atomic mass is 10.2. The van der Waals surface area contributed by atoms with Crippen LogP contribution in [-0.2, 0) is 22.6 Å². The molecule has 0 radical (unpaired) electrons. The first kappa shape index (κ1) is 18.8. The summed E-state index contributed by atoms with van der Waals surface area (Å²) in [5.41, 5.74) is 1.91. The van der Waals surface area contributed by atoms with E-state index < -0.39 is 12.1 Å². The fourth-order valence-corrected chi connectivity index (χ4v) is 2.83. The first-order valence-electron chi connectivity index (χ1n) is 8.88. The Morgan fingerprint density at radius 3 is 2.67 bits per heavy atom. The van der Waals surface area contributed by atoms with Crippen molar-refractivity contribution in [2.45, 2.75) is 32.0 Å². The van der Waals surface area contributed by atoms with E-state index in [1.807, 2.05) is 6.07 Å². The Hall–Kier alpha value is -2.93. The van der Waals surface area contributed by atoms with E-state index in [2.05, 4.69) is 16.0 Å². The van der Waals surface area contributed by atoms with Crippen molar-refractivity contribution in [1.29, 1.82) is 0 Å². The van der Waals surface area contributed by atoms with E-state index in [4.69, 9.17) is 4.74 Å². The van der Waals surface area contributed by atoms with E-state index in [-0.39, 0.29) is 24.8 Å². The van der Waals surface area contributed by atoms with E-state index in [1.165, 1.54) is 6.07 Å². The van der Waals surface area contributed by atoms with Crippen molar-refractivity contribution in [1.82, 2.24) is 10.6 Å². The number of nitrogens with one attached hydrogen (secondary N) is 3. The predicted molar refractivity (Wildman–Crippen MR) is 99.5 cm³/mol. The van der Waals surface area contributed by atoms with Gasteiger partial charge in [-0.05, 0) is 36.6 Å². The van der Waals surface area contributed by atoms with E-state index in [0.717, 1.165) is 18.4 Å². The lowest BCUT2D eigenvalue weighted by molar-refractivity contribution is -0.124. The van der Waals surface area contributed by atoms with Crippen LogP contribution in [0, 0.1) is 5.82 Å². The van der Waals surface area contributed by atoms with Crippen LogP contribution in [0.2, 0.25) is 0 Å². The molecular weight excluding hydrogens is 349 g/mol. The molecule has 1 aliphatic rings. The Morgan fingerprint density at radius 2 is 1.89 bits per heavy atom. The van der Waals surface area contributed by atoms with E-state index in [9.17, 15) is 14.0 Å². The van der Waals surface area contributed by atoms with Gasteiger partial charge in [-0.25, -0.2) is 9.18 Å². The molecule has 1 atom stereocenters. The van der Waals surface area contributed by atoms with Crippen LogP contribution in [0.25, 0.3) is 0 Å². The summed E-state index contributed by atoms with van der Waals surface area (Å²) in [6.07, 6.45) is 1.23. The number of hydrogen-bond donors (Lipinski definition) is 3. The minimum absolute atomic E-state index is 0.107. The smallest absolute Gasteiger partial charge is 0.315 e. The van der Waals surface area contributed by atoms with Crippen LogP contribution in [0.3, 0.4) is 0 Å². The van der Waals surface area contributed by atoms with Gasteiger partial charge < -0.3 is 20.7 Å². The third-order valence-electron chi connectivity index (χ3n) is 4.27. The van der Waals surface area contributed by atoms with Gasteiger partial charge in [0.1, 0.15) is 11.9 Å². The number of anilines is 1. The molecule has 3 N–H and O–H groups in total. The second-order valence-corrected chi connectivity index (χ2v) is 6.32. The van der Waals surface area contributed by atoms with Crippen molar-refractivity contribution < 1.29 is 18.7 Å². The summed E-state index contributed by atoms with van der Waals surface area (Å²) < 4.78 is 18.9. The molecular formula is C20H22FN3O3. The van der Waals surface area contributed by atoms with Gasteiger partial charge in [0.15, 0.2) is 0 Å². The summed E-state index contributed by atoms with van der Waals surface area (Å²) in [4.78, 5) is 24.0. The molecule has 0 aromatic heterocycles. The average Bonchev–Trinajstić information content (AvgIpc) is 3.21. The largest absolute Gasteiger partial charge is 0.368 e. The predicted octanol–water partition coefficient (Wildman–Crippen LogP) is 2.94. The molecule has 0 aliphatic carbocycles. The molecule has 7 heteroatoms. The molecule has 6 nitrogen and oxygen atoms in total. The Bertz CT molecular complexity index is 807. The van der Waals surface area contributed by atoms with Crippen LogP contribution >= 0.6 is 0 Å². The molecule has 1 aliphatic heterocycles. The highest BCUT2D eigenvalue weighted by Crippen LogP contribution is 2.16. The zero-order chi connectivity index (χ0) is 19.1. The molecule has 0 saturated carbocycles. The first-order chi connectivity index (χ1) is 13.1. The second-order valence-electron chi connectivity index (χ2n) is 6.32. The van der Waals surface area contributed by atoms with Gasteiger partial charge in [-0.15, -0.1) is 0 Å². The number of hydrogen-bond acceptors (Lipinski definition) is 3. The van der Waals surface area contributed by atoms with E-state index >= 15 is 0 Å². The van der Waals surface area contributed by atoms with Crippen molar-refractivity contribution in [2.24, 2.45) is 0 Å². The molecule has 2 aromatic rings. The van der Waals surface area contributed by atoms with Gasteiger partial charge in [-0.1, -0.05) is 30.3 Å². The van der Waals surface area contributed by atoms with Crippen molar-refractivity contribution in [3.05, 3.63) is 65.5 Å². The average molecular weight is 371 g/mol. The summed E-state index contributed by atoms with van der Waals surface area (Å²) >= 11 is 0. The molecule has 27 heavy (non-hydrogen) atoms. The van der Waals surface area contributed by atoms with E-state index in [0.29, 0.717) is 17.9 Å². The minimum atomic E-state index is -0.396. The summed E-state index contributed by atoms with van der Waals surface area (Å²) in [7, 11) is 0. The molecule has 0 bridgehead atoms. The standard InChI is InChI=1S/C20H22FN3O3/c21-17-8-2-1-6-15(17)13-23-20(26)22-12-14-5-3-7-16(11-14)24-19(25)18-9-4-10-27-18/h1-3,5-8,11,18H,4,9-10,12-13H2,(H,24,25)(H2,22,23,26)/t18-/m1/s1. The maximum Gasteiger partial charge on any atom is 0.315 e. The van der Waals surface area contributed by atoms with Gasteiger partial charge in [-0.2, -0.15) is 0 Å². The lowest BCUT2D eigenvalue weighted by Crippen LogP contribution is -2.34. The van der Waals surface area contributed by atoms with Gasteiger partial charge in [0.2, 0.25) is 0 Å². The highest BCUT2D eigenvalue weighted by atomic mass is 19.1. The number of rotatable bonds is 6. The number of amides is 3. The van der Waals surface area contributed by atoms with Crippen LogP contribution < -0.4 is 16.0 Å². The molecule has 3 rings (SSSR count). The maximum absolute atomic E-state index is 13.5. The third-order valence-corrected chi connectivity index (χ3v) is 4.27. The van der Waals surface area contributed by atoms with Crippen molar-refractivity contribution >= 4 is 17.6 Å². The summed E-state index contributed by atoms with van der Waals surface area (Å²) in [5.74, 6) is -0.507. The van der Waals surface area contributed by atoms with Gasteiger partial charge in [0.25, 0.3) is 5.91 Å². The highest BCUT2D eigenvalue weighted by molar-refractivity contribution is 5.94. The van der Waals surface area contributed by atoms with Crippen LogP contribution in [0.4, 0.5) is 14.9 Å². The van der Waals surface area contributed by atoms with Gasteiger partial charge in [0.05, 0.1) is 0 Å². The number of carbonyl (C=O) groups is 2. The van der Waals surface area contributed by atoms with Gasteiger partial charge >= 0.3 is 6.03 Å². The molecule has 0 unspecified atom stereocenters. The summed E-state index contributed by atoms with van der Waals surface area (Å²) in [6.45, 7) is 1.01. The van der Waals surface area contributed by atoms with Crippen LogP contribution in [0.5, 0.6) is 0 Å². The van der Waals surface area contributed by atoms with Crippen molar-refractivity contribution in [3.8, 4) is 0 Å². The van der Waals surface area contributed by atoms with Crippen molar-refractivity contribution in [2.75, 3.05) is 11.9 Å². The Labute approximate surface area is 157 Å². The molecule has 2 aromatic carbocycles. The Kier molecular flexibility index (Phi) is 6.38. The normalized spacial score (nSPS) is 16.0. The molecule has 0 spiro atoms. The molecule has 1 fully saturated rings. The Morgan fingerprint density at radius 1 is 1.07 bits per heavy atom. The highest BCUT2D eigenvalue weighted by Gasteiger charge is 2.23. The maximum atomic E-state index is 13.5. The lowest BCUT2D eigenvalue weighted by Gasteiger charge is -2.12. The van der Waals surface area contributed by atoms with Crippen LogP contribution in [0.15, 0.2) is 48.5 Å². The second kappa shape index (κ2) is 9.14. The zero-order valence-corrected chi connectivity index (χ0v) is 14.8. The third kappa shape index (κ3) is 5.52. The molecule has 3 amide bonds. The van der Waals surface area contributed by atoms with Crippen LogP contribution in [-0.4, -0.2) is 24.6 Å². The number of benzene rings is 2. The number of halogens is 1. The number of ether oxygens (including phenoxy) is 1. The molecule has 1 saturated heterocycles. The Balaban J connectivity index is 1.47. The topological polar surface area (TPSA) is 79.5 Å². The van der Waals surface area contributed by atoms with Crippen molar-refractivity contribution in [3.63, 3.8) is 0 Å². The SMILES string of the molecule is O=C(NCc1cccc(NC(=O)[C@H]2CCCO2)c1)NCc1ccccc1F. The van der Waals surface area contributed by atoms with Gasteiger partial charge in [-0.3, -0.25) is 4.79 Å². The first-order valence-corrected chi connectivity index (χ1v) is 8.88. The monoisotopic (exact) mass is 371 g/mol. The summed E-state index contributed by atoms with van der Waals surface area (Å²) in [5, 5.41) is 8.16. The number of urea groups is 1. The zero-order valence-electron chi connectivity index (χ0n) is 14.8. The fraction of sp³-hybridized carbons (Fsp3) is 0.300. The molecule has 142 valence electrons. The van der Waals surface area contributed by atoms with E-state index in [1.54, 1.807) is 36.4 Å². The quantitative estimate of drug-likeness (QED) is 0.730.